The number of amides is 1. The number of benzene rings is 1. The molecule has 0 fully saturated rings. The van der Waals surface area contributed by atoms with E-state index in [0.29, 0.717) is 11.6 Å². The van der Waals surface area contributed by atoms with E-state index >= 15 is 0 Å². The van der Waals surface area contributed by atoms with E-state index in [4.69, 9.17) is 9.63 Å². The fourth-order valence-electron chi connectivity index (χ4n) is 1.57. The van der Waals surface area contributed by atoms with E-state index in [1.165, 1.54) is 0 Å². The zero-order valence-electron chi connectivity index (χ0n) is 10.5. The molecule has 1 amide bonds. The van der Waals surface area contributed by atoms with Gasteiger partial charge in [0.15, 0.2) is 0 Å². The minimum atomic E-state index is -0.231. The molecule has 0 saturated heterocycles. The molecule has 0 radical (unpaired) electrons. The summed E-state index contributed by atoms with van der Waals surface area (Å²) in [6, 6.07) is 8.87. The lowest BCUT2D eigenvalue weighted by Gasteiger charge is -2.06. The lowest BCUT2D eigenvalue weighted by Crippen LogP contribution is -2.21. The Morgan fingerprint density at radius 2 is 2.26 bits per heavy atom. The van der Waals surface area contributed by atoms with Crippen LogP contribution in [0.5, 0.6) is 0 Å². The Bertz CT molecular complexity index is 566. The van der Waals surface area contributed by atoms with Crippen molar-refractivity contribution in [3.63, 3.8) is 0 Å². The number of rotatable bonds is 5. The number of hydrogen-bond acceptors (Lipinski definition) is 5. The topological polar surface area (TPSA) is 87.4 Å². The molecular weight excluding hydrogens is 246 g/mol. The maximum atomic E-state index is 11.6. The molecule has 6 heteroatoms. The fraction of sp³-hybridized carbons (Fsp3) is 0.231. The van der Waals surface area contributed by atoms with Crippen molar-refractivity contribution in [3.8, 4) is 0 Å². The molecule has 100 valence electrons. The van der Waals surface area contributed by atoms with Crippen LogP contribution in [0.15, 0.2) is 34.9 Å². The molecule has 0 aliphatic rings. The Morgan fingerprint density at radius 1 is 1.42 bits per heavy atom. The van der Waals surface area contributed by atoms with Crippen LogP contribution in [0.3, 0.4) is 0 Å². The minimum absolute atomic E-state index is 0.0287. The number of nitrogens with zero attached hydrogens (tertiary/aromatic N) is 1. The number of carbonyl (C=O) groups excluding carboxylic acids is 1. The van der Waals surface area contributed by atoms with Crippen LogP contribution >= 0.6 is 0 Å². The number of nitrogens with one attached hydrogen (secondary N) is 2. The summed E-state index contributed by atoms with van der Waals surface area (Å²) in [5.41, 5.74) is 2.27. The maximum absolute atomic E-state index is 11.6. The summed E-state index contributed by atoms with van der Waals surface area (Å²) in [5.74, 6) is 0.0963. The molecule has 0 aliphatic heterocycles. The van der Waals surface area contributed by atoms with Gasteiger partial charge in [0.25, 0.3) is 0 Å². The van der Waals surface area contributed by atoms with Gasteiger partial charge in [-0.2, -0.15) is 0 Å². The zero-order valence-corrected chi connectivity index (χ0v) is 10.5. The van der Waals surface area contributed by atoms with Gasteiger partial charge in [-0.3, -0.25) is 10.1 Å². The van der Waals surface area contributed by atoms with E-state index in [-0.39, 0.29) is 19.1 Å². The Hall–Kier alpha value is -2.34. The number of carbonyl (C=O) groups is 1. The van der Waals surface area contributed by atoms with E-state index in [0.717, 1.165) is 11.3 Å². The van der Waals surface area contributed by atoms with Crippen LogP contribution in [0.4, 0.5) is 11.6 Å². The molecule has 0 atom stereocenters. The fourth-order valence-corrected chi connectivity index (χ4v) is 1.57. The number of anilines is 2. The highest BCUT2D eigenvalue weighted by Crippen LogP contribution is 2.11. The Morgan fingerprint density at radius 3 is 2.95 bits per heavy atom. The molecule has 19 heavy (non-hydrogen) atoms. The quantitative estimate of drug-likeness (QED) is 0.759. The molecule has 0 bridgehead atoms. The predicted octanol–water partition coefficient (Wildman–Crippen LogP) is 1.53. The second-order valence-corrected chi connectivity index (χ2v) is 4.09. The highest BCUT2D eigenvalue weighted by molar-refractivity contribution is 5.92. The molecule has 1 aromatic heterocycles. The molecule has 3 N–H and O–H groups in total. The predicted molar refractivity (Wildman–Crippen MR) is 70.7 cm³/mol. The Labute approximate surface area is 110 Å². The van der Waals surface area contributed by atoms with Crippen LogP contribution in [0, 0.1) is 6.92 Å². The normalized spacial score (nSPS) is 10.2. The molecule has 0 spiro atoms. The first-order chi connectivity index (χ1) is 9.17. The Kier molecular flexibility index (Phi) is 4.15. The van der Waals surface area contributed by atoms with Crippen LogP contribution in [0.2, 0.25) is 0 Å². The summed E-state index contributed by atoms with van der Waals surface area (Å²) in [6.07, 6.45) is 0. The third-order valence-corrected chi connectivity index (χ3v) is 2.45. The third kappa shape index (κ3) is 3.82. The summed E-state index contributed by atoms with van der Waals surface area (Å²) < 4.78 is 4.88. The lowest BCUT2D eigenvalue weighted by atomic mass is 10.2. The van der Waals surface area contributed by atoms with Crippen molar-refractivity contribution in [1.82, 2.24) is 5.16 Å². The van der Waals surface area contributed by atoms with Gasteiger partial charge in [0.1, 0.15) is 0 Å². The third-order valence-electron chi connectivity index (χ3n) is 2.45. The van der Waals surface area contributed by atoms with E-state index in [1.54, 1.807) is 19.1 Å². The largest absolute Gasteiger partial charge is 0.392 e. The molecule has 1 aromatic carbocycles. The molecule has 0 saturated carbocycles. The van der Waals surface area contributed by atoms with Gasteiger partial charge in [-0.1, -0.05) is 17.3 Å². The number of aliphatic hydroxyl groups is 1. The second kappa shape index (κ2) is 6.01. The average molecular weight is 261 g/mol. The number of aryl methyl sites for hydroxylation is 1. The summed E-state index contributed by atoms with van der Waals surface area (Å²) in [5, 5.41) is 18.2. The first-order valence-electron chi connectivity index (χ1n) is 5.84. The van der Waals surface area contributed by atoms with Crippen LogP contribution in [0.1, 0.15) is 11.3 Å². The van der Waals surface area contributed by atoms with Crippen LogP contribution in [0.25, 0.3) is 0 Å². The Balaban J connectivity index is 1.86. The number of aliphatic hydroxyl groups excluding tert-OH is 1. The van der Waals surface area contributed by atoms with Crippen molar-refractivity contribution < 1.29 is 14.4 Å². The van der Waals surface area contributed by atoms with Crippen molar-refractivity contribution in [2.75, 3.05) is 17.2 Å². The van der Waals surface area contributed by atoms with Crippen molar-refractivity contribution >= 4 is 17.5 Å². The SMILES string of the molecule is Cc1cc(NC(=O)CNc2cccc(CO)c2)on1. The minimum Gasteiger partial charge on any atom is -0.392 e. The molecule has 1 heterocycles. The van der Waals surface area contributed by atoms with Crippen LogP contribution < -0.4 is 10.6 Å². The van der Waals surface area contributed by atoms with E-state index in [1.807, 2.05) is 18.2 Å². The molecule has 6 nitrogen and oxygen atoms in total. The zero-order chi connectivity index (χ0) is 13.7. The van der Waals surface area contributed by atoms with Gasteiger partial charge in [0.2, 0.25) is 11.8 Å². The first-order valence-corrected chi connectivity index (χ1v) is 5.84. The molecule has 0 aliphatic carbocycles. The average Bonchev–Trinajstić information content (AvgIpc) is 2.82. The number of aromatic nitrogens is 1. The van der Waals surface area contributed by atoms with E-state index in [9.17, 15) is 4.79 Å². The van der Waals surface area contributed by atoms with Crippen molar-refractivity contribution in [3.05, 3.63) is 41.6 Å². The second-order valence-electron chi connectivity index (χ2n) is 4.09. The van der Waals surface area contributed by atoms with Gasteiger partial charge in [-0.25, -0.2) is 0 Å². The molecule has 2 aromatic rings. The van der Waals surface area contributed by atoms with E-state index in [2.05, 4.69) is 15.8 Å². The van der Waals surface area contributed by atoms with Gasteiger partial charge in [0, 0.05) is 11.8 Å². The van der Waals surface area contributed by atoms with Gasteiger partial charge in [-0.05, 0) is 24.6 Å². The van der Waals surface area contributed by atoms with Crippen molar-refractivity contribution in [2.45, 2.75) is 13.5 Å². The van der Waals surface area contributed by atoms with Gasteiger partial charge in [0.05, 0.1) is 18.8 Å². The molecule has 2 rings (SSSR count). The van der Waals surface area contributed by atoms with Crippen LogP contribution in [-0.4, -0.2) is 22.7 Å². The summed E-state index contributed by atoms with van der Waals surface area (Å²) >= 11 is 0. The molecular formula is C13H15N3O3. The van der Waals surface area contributed by atoms with Gasteiger partial charge in [-0.15, -0.1) is 0 Å². The first kappa shape index (κ1) is 13.1. The smallest absolute Gasteiger partial charge is 0.246 e. The monoisotopic (exact) mass is 261 g/mol. The van der Waals surface area contributed by atoms with Gasteiger partial charge < -0.3 is 14.9 Å². The highest BCUT2D eigenvalue weighted by atomic mass is 16.5. The van der Waals surface area contributed by atoms with Gasteiger partial charge >= 0.3 is 0 Å². The van der Waals surface area contributed by atoms with E-state index < -0.39 is 0 Å². The van der Waals surface area contributed by atoms with Crippen LogP contribution in [-0.2, 0) is 11.4 Å². The highest BCUT2D eigenvalue weighted by Gasteiger charge is 2.06. The summed E-state index contributed by atoms with van der Waals surface area (Å²) in [7, 11) is 0. The number of hydrogen-bond donors (Lipinski definition) is 3. The standard InChI is InChI=1S/C13H15N3O3/c1-9-5-13(19-16-9)15-12(18)7-14-11-4-2-3-10(6-11)8-17/h2-6,14,17H,7-8H2,1H3,(H,15,18). The lowest BCUT2D eigenvalue weighted by molar-refractivity contribution is -0.114. The van der Waals surface area contributed by atoms with Crippen molar-refractivity contribution in [1.29, 1.82) is 0 Å². The van der Waals surface area contributed by atoms with Crippen molar-refractivity contribution in [2.24, 2.45) is 0 Å². The summed E-state index contributed by atoms with van der Waals surface area (Å²) in [4.78, 5) is 11.6. The maximum Gasteiger partial charge on any atom is 0.246 e. The molecule has 0 unspecified atom stereocenters. The summed E-state index contributed by atoms with van der Waals surface area (Å²) in [6.45, 7) is 1.85.